The SMILES string of the molecule is Cc1[nH][n+](-c2ccc(C#N)cc2)cc1N. The van der Waals surface area contributed by atoms with Crippen molar-refractivity contribution in [3.05, 3.63) is 41.7 Å². The number of benzene rings is 1. The average Bonchev–Trinajstić information content (AvgIpc) is 2.59. The summed E-state index contributed by atoms with van der Waals surface area (Å²) in [6, 6.07) is 9.36. The molecule has 1 aromatic heterocycles. The van der Waals surface area contributed by atoms with Gasteiger partial charge in [0.1, 0.15) is 5.69 Å². The van der Waals surface area contributed by atoms with E-state index in [1.165, 1.54) is 0 Å². The lowest BCUT2D eigenvalue weighted by molar-refractivity contribution is -0.655. The Balaban J connectivity index is 2.42. The van der Waals surface area contributed by atoms with Gasteiger partial charge in [0.05, 0.1) is 17.3 Å². The largest absolute Gasteiger partial charge is 0.392 e. The lowest BCUT2D eigenvalue weighted by Gasteiger charge is -1.90. The first-order valence-corrected chi connectivity index (χ1v) is 4.58. The van der Waals surface area contributed by atoms with E-state index in [9.17, 15) is 0 Å². The second-order valence-electron chi connectivity index (χ2n) is 3.35. The van der Waals surface area contributed by atoms with Crippen LogP contribution in [0.25, 0.3) is 5.69 Å². The van der Waals surface area contributed by atoms with Crippen LogP contribution in [-0.2, 0) is 0 Å². The number of aryl methyl sites for hydroxylation is 1. The van der Waals surface area contributed by atoms with Gasteiger partial charge in [0.15, 0.2) is 0 Å². The Morgan fingerprint density at radius 1 is 1.33 bits per heavy atom. The molecule has 0 aliphatic heterocycles. The van der Waals surface area contributed by atoms with Crippen molar-refractivity contribution >= 4 is 5.69 Å². The molecule has 0 amide bonds. The molecule has 1 heterocycles. The number of hydrogen-bond donors (Lipinski definition) is 2. The van der Waals surface area contributed by atoms with Gasteiger partial charge in [-0.05, 0) is 19.1 Å². The molecule has 0 spiro atoms. The van der Waals surface area contributed by atoms with Crippen LogP contribution in [0.2, 0.25) is 0 Å². The molecule has 0 saturated heterocycles. The predicted molar refractivity (Wildman–Crippen MR) is 56.2 cm³/mol. The first-order valence-electron chi connectivity index (χ1n) is 4.58. The average molecular weight is 199 g/mol. The second kappa shape index (κ2) is 3.46. The Labute approximate surface area is 87.6 Å². The Morgan fingerprint density at radius 3 is 2.47 bits per heavy atom. The van der Waals surface area contributed by atoms with Crippen molar-refractivity contribution < 1.29 is 4.68 Å². The first-order chi connectivity index (χ1) is 7.20. The molecular formula is C11H11N4+. The number of anilines is 1. The topological polar surface area (TPSA) is 69.5 Å². The fourth-order valence-corrected chi connectivity index (χ4v) is 1.35. The van der Waals surface area contributed by atoms with Crippen molar-refractivity contribution in [3.8, 4) is 11.8 Å². The number of nitrogens with two attached hydrogens (primary N) is 1. The summed E-state index contributed by atoms with van der Waals surface area (Å²) in [5.41, 5.74) is 8.98. The summed E-state index contributed by atoms with van der Waals surface area (Å²) in [7, 11) is 0. The number of H-pyrrole nitrogens is 1. The molecule has 0 fully saturated rings. The molecule has 0 aliphatic carbocycles. The molecule has 0 aliphatic rings. The first kappa shape index (κ1) is 9.28. The van der Waals surface area contributed by atoms with Gasteiger partial charge in [-0.25, -0.2) is 0 Å². The zero-order valence-electron chi connectivity index (χ0n) is 8.36. The maximum atomic E-state index is 8.66. The van der Waals surface area contributed by atoms with E-state index in [1.807, 2.05) is 29.9 Å². The fraction of sp³-hybridized carbons (Fsp3) is 0.0909. The molecule has 0 unspecified atom stereocenters. The van der Waals surface area contributed by atoms with Crippen LogP contribution in [0, 0.1) is 18.3 Å². The van der Waals surface area contributed by atoms with Crippen LogP contribution in [-0.4, -0.2) is 5.10 Å². The quantitative estimate of drug-likeness (QED) is 0.674. The monoisotopic (exact) mass is 199 g/mol. The molecule has 2 aromatic rings. The molecule has 0 atom stereocenters. The molecule has 0 bridgehead atoms. The molecule has 4 heteroatoms. The number of nitrogens with zero attached hydrogens (tertiary/aromatic N) is 2. The van der Waals surface area contributed by atoms with E-state index < -0.39 is 0 Å². The summed E-state index contributed by atoms with van der Waals surface area (Å²) in [4.78, 5) is 0. The summed E-state index contributed by atoms with van der Waals surface area (Å²) in [6.07, 6.45) is 1.82. The molecule has 2 rings (SSSR count). The van der Waals surface area contributed by atoms with E-state index in [2.05, 4.69) is 11.2 Å². The Bertz CT molecular complexity index is 497. The number of aromatic amines is 1. The maximum absolute atomic E-state index is 8.66. The van der Waals surface area contributed by atoms with Gasteiger partial charge in [-0.3, -0.25) is 0 Å². The predicted octanol–water partition coefficient (Wildman–Crippen LogP) is 1.05. The Hall–Kier alpha value is -2.28. The van der Waals surface area contributed by atoms with Gasteiger partial charge in [-0.15, -0.1) is 0 Å². The summed E-state index contributed by atoms with van der Waals surface area (Å²) >= 11 is 0. The molecule has 74 valence electrons. The lowest BCUT2D eigenvalue weighted by Crippen LogP contribution is -2.31. The van der Waals surface area contributed by atoms with Crippen molar-refractivity contribution in [2.45, 2.75) is 6.92 Å². The van der Waals surface area contributed by atoms with Crippen LogP contribution in [0.5, 0.6) is 0 Å². The summed E-state index contributed by atoms with van der Waals surface area (Å²) in [6.45, 7) is 1.91. The minimum Gasteiger partial charge on any atom is -0.392 e. The molecular weight excluding hydrogens is 188 g/mol. The van der Waals surface area contributed by atoms with E-state index in [0.29, 0.717) is 5.56 Å². The van der Waals surface area contributed by atoms with Crippen molar-refractivity contribution in [1.29, 1.82) is 5.26 Å². The highest BCUT2D eigenvalue weighted by Crippen LogP contribution is 2.06. The second-order valence-corrected chi connectivity index (χ2v) is 3.35. The number of hydrogen-bond acceptors (Lipinski definition) is 2. The molecule has 0 saturated carbocycles. The maximum Gasteiger partial charge on any atom is 0.235 e. The van der Waals surface area contributed by atoms with Gasteiger partial charge >= 0.3 is 0 Å². The molecule has 1 aromatic carbocycles. The van der Waals surface area contributed by atoms with E-state index in [0.717, 1.165) is 17.1 Å². The minimum atomic E-state index is 0.649. The standard InChI is InChI=1S/C11H10N4/c1-8-11(13)7-15(14-8)10-4-2-9(6-12)3-5-10/h2-5,7H,13H2,1H3/p+1. The number of aromatic nitrogens is 2. The normalized spacial score (nSPS) is 9.87. The minimum absolute atomic E-state index is 0.649. The van der Waals surface area contributed by atoms with Crippen molar-refractivity contribution in [3.63, 3.8) is 0 Å². The summed E-state index contributed by atoms with van der Waals surface area (Å²) in [5.74, 6) is 0. The van der Waals surface area contributed by atoms with Gasteiger partial charge in [0.25, 0.3) is 0 Å². The zero-order valence-corrected chi connectivity index (χ0v) is 8.36. The molecule has 3 N–H and O–H groups in total. The van der Waals surface area contributed by atoms with Crippen LogP contribution in [0.15, 0.2) is 30.5 Å². The van der Waals surface area contributed by atoms with E-state index in [4.69, 9.17) is 11.0 Å². The van der Waals surface area contributed by atoms with E-state index in [1.54, 1.807) is 12.1 Å². The van der Waals surface area contributed by atoms with Crippen LogP contribution < -0.4 is 10.4 Å². The number of nitrogens with one attached hydrogen (secondary N) is 1. The summed E-state index contributed by atoms with van der Waals surface area (Å²) < 4.78 is 1.83. The highest BCUT2D eigenvalue weighted by Gasteiger charge is 2.11. The number of nitriles is 1. The van der Waals surface area contributed by atoms with Gasteiger partial charge in [-0.2, -0.15) is 10.4 Å². The Morgan fingerprint density at radius 2 is 2.00 bits per heavy atom. The van der Waals surface area contributed by atoms with Crippen LogP contribution in [0.3, 0.4) is 0 Å². The molecule has 0 radical (unpaired) electrons. The smallest absolute Gasteiger partial charge is 0.235 e. The zero-order chi connectivity index (χ0) is 10.8. The van der Waals surface area contributed by atoms with Gasteiger partial charge < -0.3 is 5.73 Å². The number of nitrogen functional groups attached to an aromatic ring is 1. The van der Waals surface area contributed by atoms with E-state index in [-0.39, 0.29) is 0 Å². The highest BCUT2D eigenvalue weighted by atomic mass is 15.3. The summed E-state index contributed by atoms with van der Waals surface area (Å²) in [5, 5.41) is 11.8. The van der Waals surface area contributed by atoms with Crippen molar-refractivity contribution in [1.82, 2.24) is 5.10 Å². The Kier molecular flexibility index (Phi) is 2.14. The van der Waals surface area contributed by atoms with Crippen LogP contribution in [0.4, 0.5) is 5.69 Å². The van der Waals surface area contributed by atoms with E-state index >= 15 is 0 Å². The van der Waals surface area contributed by atoms with Gasteiger partial charge in [0.2, 0.25) is 11.9 Å². The van der Waals surface area contributed by atoms with Gasteiger partial charge in [-0.1, -0.05) is 4.68 Å². The lowest BCUT2D eigenvalue weighted by atomic mass is 10.2. The third-order valence-corrected chi connectivity index (χ3v) is 2.26. The van der Waals surface area contributed by atoms with Gasteiger partial charge in [0, 0.05) is 12.1 Å². The van der Waals surface area contributed by atoms with Crippen LogP contribution in [0.1, 0.15) is 11.3 Å². The third kappa shape index (κ3) is 1.67. The van der Waals surface area contributed by atoms with Crippen LogP contribution >= 0.6 is 0 Å². The highest BCUT2D eigenvalue weighted by molar-refractivity contribution is 5.39. The third-order valence-electron chi connectivity index (χ3n) is 2.26. The molecule has 15 heavy (non-hydrogen) atoms. The van der Waals surface area contributed by atoms with Crippen molar-refractivity contribution in [2.24, 2.45) is 0 Å². The van der Waals surface area contributed by atoms with Crippen molar-refractivity contribution in [2.75, 3.05) is 5.73 Å². The fourth-order valence-electron chi connectivity index (χ4n) is 1.35. The number of rotatable bonds is 1. The molecule has 4 nitrogen and oxygen atoms in total.